The Morgan fingerprint density at radius 2 is 1.54 bits per heavy atom. The van der Waals surface area contributed by atoms with E-state index in [0.29, 0.717) is 5.41 Å². The van der Waals surface area contributed by atoms with Gasteiger partial charge in [0, 0.05) is 0 Å². The number of carbonyl (C=O) groups is 1. The lowest BCUT2D eigenvalue weighted by Gasteiger charge is -2.23. The molecule has 148 valence electrons. The van der Waals surface area contributed by atoms with Gasteiger partial charge in [-0.3, -0.25) is 4.79 Å². The molecule has 3 saturated carbocycles. The molecule has 0 amide bonds. The molecule has 26 heavy (non-hydrogen) atoms. The fourth-order valence-electron chi connectivity index (χ4n) is 4.26. The van der Waals surface area contributed by atoms with Crippen molar-refractivity contribution < 1.29 is 14.6 Å². The molecule has 1 spiro atoms. The number of rotatable bonds is 4. The maximum atomic E-state index is 12.3. The van der Waals surface area contributed by atoms with E-state index < -0.39 is 5.92 Å². The zero-order chi connectivity index (χ0) is 19.7. The van der Waals surface area contributed by atoms with Gasteiger partial charge in [-0.2, -0.15) is 0 Å². The number of ether oxygens (including phenoxy) is 1. The van der Waals surface area contributed by atoms with Crippen molar-refractivity contribution in [3.8, 4) is 0 Å². The van der Waals surface area contributed by atoms with Gasteiger partial charge in [0.2, 0.25) is 0 Å². The van der Waals surface area contributed by atoms with Crippen LogP contribution in [0.25, 0.3) is 0 Å². The van der Waals surface area contributed by atoms with Gasteiger partial charge in [0.05, 0.1) is 6.61 Å². The number of esters is 1. The van der Waals surface area contributed by atoms with Gasteiger partial charge >= 0.3 is 5.97 Å². The summed E-state index contributed by atoms with van der Waals surface area (Å²) in [5, 5.41) is 9.50. The minimum absolute atomic E-state index is 0.0772. The Morgan fingerprint density at radius 1 is 1.04 bits per heavy atom. The van der Waals surface area contributed by atoms with Crippen LogP contribution in [-0.2, 0) is 9.53 Å². The van der Waals surface area contributed by atoms with Crippen molar-refractivity contribution in [2.24, 2.45) is 17.3 Å². The van der Waals surface area contributed by atoms with Crippen LogP contribution in [0.5, 0.6) is 0 Å². The Bertz CT molecular complexity index is 508. The lowest BCUT2D eigenvalue weighted by molar-refractivity contribution is -0.153. The standard InChI is InChI=1S/C17H20O3.3C2H6/c18-10-15(11-4-2-1-3-5-11)16(19)20-14-6-12-8-17(12)9-13(17)7-14;3*1-2/h1-5,12-15,18H,6-10H2;3*1-2H3. The Labute approximate surface area is 160 Å². The second-order valence-corrected chi connectivity index (χ2v) is 6.71. The molecule has 0 saturated heterocycles. The fraction of sp³-hybridized carbons (Fsp3) is 0.696. The van der Waals surface area contributed by atoms with Gasteiger partial charge in [-0.25, -0.2) is 0 Å². The minimum Gasteiger partial charge on any atom is -0.462 e. The molecular weight excluding hydrogens is 324 g/mol. The molecule has 0 heterocycles. The van der Waals surface area contributed by atoms with E-state index in [2.05, 4.69) is 0 Å². The zero-order valence-corrected chi connectivity index (χ0v) is 17.5. The molecular formula is C23H38O3. The summed E-state index contributed by atoms with van der Waals surface area (Å²) in [4.78, 5) is 12.3. The van der Waals surface area contributed by atoms with Crippen molar-refractivity contribution in [1.29, 1.82) is 0 Å². The Morgan fingerprint density at radius 3 is 2.00 bits per heavy atom. The predicted molar refractivity (Wildman–Crippen MR) is 108 cm³/mol. The normalized spacial score (nSPS) is 30.2. The van der Waals surface area contributed by atoms with E-state index in [1.54, 1.807) is 0 Å². The van der Waals surface area contributed by atoms with E-state index >= 15 is 0 Å². The van der Waals surface area contributed by atoms with Crippen LogP contribution in [0.1, 0.15) is 78.7 Å². The van der Waals surface area contributed by atoms with Crippen LogP contribution in [0, 0.1) is 17.3 Å². The number of aliphatic hydroxyl groups is 1. The number of hydrogen-bond donors (Lipinski definition) is 1. The molecule has 1 N–H and O–H groups in total. The predicted octanol–water partition coefficient (Wildman–Crippen LogP) is 5.57. The number of benzene rings is 1. The highest BCUT2D eigenvalue weighted by molar-refractivity contribution is 5.78. The van der Waals surface area contributed by atoms with Crippen LogP contribution in [-0.4, -0.2) is 23.8 Å². The molecule has 3 atom stereocenters. The summed E-state index contributed by atoms with van der Waals surface area (Å²) in [6, 6.07) is 9.42. The summed E-state index contributed by atoms with van der Waals surface area (Å²) in [5.41, 5.74) is 1.53. The molecule has 3 fully saturated rings. The van der Waals surface area contributed by atoms with Crippen LogP contribution in [0.15, 0.2) is 30.3 Å². The van der Waals surface area contributed by atoms with E-state index in [1.165, 1.54) is 12.8 Å². The highest BCUT2D eigenvalue weighted by Crippen LogP contribution is 2.79. The van der Waals surface area contributed by atoms with Gasteiger partial charge in [-0.15, -0.1) is 0 Å². The van der Waals surface area contributed by atoms with E-state index in [9.17, 15) is 9.90 Å². The first kappa shape index (κ1) is 22.7. The molecule has 0 aliphatic heterocycles. The quantitative estimate of drug-likeness (QED) is 0.712. The number of carbonyl (C=O) groups excluding carboxylic acids is 1. The summed E-state index contributed by atoms with van der Waals surface area (Å²) in [7, 11) is 0. The average molecular weight is 363 g/mol. The van der Waals surface area contributed by atoms with Crippen molar-refractivity contribution >= 4 is 5.97 Å². The first-order valence-electron chi connectivity index (χ1n) is 10.6. The van der Waals surface area contributed by atoms with Crippen molar-refractivity contribution in [2.75, 3.05) is 6.61 Å². The molecule has 3 aliphatic carbocycles. The van der Waals surface area contributed by atoms with Crippen LogP contribution >= 0.6 is 0 Å². The topological polar surface area (TPSA) is 46.5 Å². The van der Waals surface area contributed by atoms with Gasteiger partial charge in [-0.05, 0) is 48.5 Å². The summed E-state index contributed by atoms with van der Waals surface area (Å²) in [6.45, 7) is 11.8. The molecule has 3 heteroatoms. The molecule has 0 radical (unpaired) electrons. The monoisotopic (exact) mass is 362 g/mol. The van der Waals surface area contributed by atoms with Crippen LogP contribution in [0.4, 0.5) is 0 Å². The lowest BCUT2D eigenvalue weighted by atomic mass is 9.96. The molecule has 1 aromatic rings. The van der Waals surface area contributed by atoms with E-state index in [0.717, 1.165) is 30.2 Å². The first-order chi connectivity index (χ1) is 12.7. The third kappa shape index (κ3) is 4.88. The van der Waals surface area contributed by atoms with Gasteiger partial charge in [0.15, 0.2) is 0 Å². The van der Waals surface area contributed by atoms with Crippen LogP contribution < -0.4 is 0 Å². The summed E-state index contributed by atoms with van der Waals surface area (Å²) in [6.07, 6.45) is 4.86. The smallest absolute Gasteiger partial charge is 0.316 e. The average Bonchev–Trinajstić information content (AvgIpc) is 3.59. The zero-order valence-electron chi connectivity index (χ0n) is 17.5. The van der Waals surface area contributed by atoms with Gasteiger partial charge in [-0.1, -0.05) is 71.9 Å². The van der Waals surface area contributed by atoms with Crippen molar-refractivity contribution in [3.63, 3.8) is 0 Å². The van der Waals surface area contributed by atoms with Crippen molar-refractivity contribution in [1.82, 2.24) is 0 Å². The molecule has 4 rings (SSSR count). The molecule has 1 aromatic carbocycles. The SMILES string of the molecule is CC.CC.CC.O=C(OC1CC2CC23CC3C1)C(CO)c1ccccc1. The van der Waals surface area contributed by atoms with Crippen molar-refractivity contribution in [3.05, 3.63) is 35.9 Å². The minimum atomic E-state index is -0.540. The first-order valence-corrected chi connectivity index (χ1v) is 10.6. The lowest BCUT2D eigenvalue weighted by Crippen LogP contribution is -2.27. The third-order valence-electron chi connectivity index (χ3n) is 5.61. The second-order valence-electron chi connectivity index (χ2n) is 6.71. The molecule has 3 aliphatic rings. The van der Waals surface area contributed by atoms with E-state index in [4.69, 9.17) is 4.74 Å². The van der Waals surface area contributed by atoms with E-state index in [-0.39, 0.29) is 18.7 Å². The summed E-state index contributed by atoms with van der Waals surface area (Å²) < 4.78 is 5.69. The summed E-state index contributed by atoms with van der Waals surface area (Å²) in [5.74, 6) is 0.811. The van der Waals surface area contributed by atoms with Crippen LogP contribution in [0.2, 0.25) is 0 Å². The number of hydrogen-bond acceptors (Lipinski definition) is 3. The second kappa shape index (κ2) is 10.7. The highest BCUT2D eigenvalue weighted by Gasteiger charge is 2.72. The van der Waals surface area contributed by atoms with Gasteiger partial charge in [0.1, 0.15) is 12.0 Å². The molecule has 0 aromatic heterocycles. The van der Waals surface area contributed by atoms with E-state index in [1.807, 2.05) is 71.9 Å². The Hall–Kier alpha value is -1.35. The third-order valence-corrected chi connectivity index (χ3v) is 5.61. The molecule has 3 unspecified atom stereocenters. The fourth-order valence-corrected chi connectivity index (χ4v) is 4.26. The van der Waals surface area contributed by atoms with Gasteiger partial charge in [0.25, 0.3) is 0 Å². The maximum absolute atomic E-state index is 12.3. The maximum Gasteiger partial charge on any atom is 0.316 e. The summed E-state index contributed by atoms with van der Waals surface area (Å²) >= 11 is 0. The highest BCUT2D eigenvalue weighted by atomic mass is 16.5. The van der Waals surface area contributed by atoms with Gasteiger partial charge < -0.3 is 9.84 Å². The largest absolute Gasteiger partial charge is 0.462 e. The number of aliphatic hydroxyl groups excluding tert-OH is 1. The van der Waals surface area contributed by atoms with Crippen LogP contribution in [0.3, 0.4) is 0 Å². The Balaban J connectivity index is 0.000000515. The molecule has 0 bridgehead atoms. The Kier molecular flexibility index (Phi) is 9.35. The molecule has 3 nitrogen and oxygen atoms in total. The van der Waals surface area contributed by atoms with Crippen molar-refractivity contribution in [2.45, 2.75) is 79.2 Å².